The lowest BCUT2D eigenvalue weighted by Crippen LogP contribution is -2.42. The predicted molar refractivity (Wildman–Crippen MR) is 73.7 cm³/mol. The quantitative estimate of drug-likeness (QED) is 0.839. The van der Waals surface area contributed by atoms with E-state index in [4.69, 9.17) is 10.00 Å². The molecule has 0 amide bonds. The monoisotopic (exact) mass is 246 g/mol. The number of nitriles is 1. The molecule has 3 heteroatoms. The topological polar surface area (TPSA) is 45.0 Å². The van der Waals surface area contributed by atoms with Crippen molar-refractivity contribution in [3.63, 3.8) is 0 Å². The molecule has 0 saturated carbocycles. The summed E-state index contributed by atoms with van der Waals surface area (Å²) in [6.07, 6.45) is 0.672. The van der Waals surface area contributed by atoms with Gasteiger partial charge in [0, 0.05) is 6.42 Å². The van der Waals surface area contributed by atoms with E-state index in [1.807, 2.05) is 45.9 Å². The minimum Gasteiger partial charge on any atom is -0.493 e. The summed E-state index contributed by atoms with van der Waals surface area (Å²) < 4.78 is 5.82. The Bertz CT molecular complexity index is 416. The van der Waals surface area contributed by atoms with Gasteiger partial charge in [-0.1, -0.05) is 25.1 Å². The third kappa shape index (κ3) is 3.75. The fraction of sp³-hybridized carbons (Fsp3) is 0.533. The number of benzene rings is 1. The highest BCUT2D eigenvalue weighted by molar-refractivity contribution is 5.39. The van der Waals surface area contributed by atoms with Crippen molar-refractivity contribution >= 4 is 0 Å². The number of nitrogens with one attached hydrogen (secondary N) is 1. The van der Waals surface area contributed by atoms with Crippen LogP contribution in [-0.2, 0) is 0 Å². The first-order valence-corrected chi connectivity index (χ1v) is 6.37. The Kier molecular flexibility index (Phi) is 5.18. The Labute approximate surface area is 110 Å². The smallest absolute Gasteiger partial charge is 0.125 e. The molecule has 0 radical (unpaired) electrons. The van der Waals surface area contributed by atoms with Crippen LogP contribution in [0.25, 0.3) is 0 Å². The molecule has 1 atom stereocenters. The van der Waals surface area contributed by atoms with Crippen LogP contribution in [0.4, 0.5) is 0 Å². The average molecular weight is 246 g/mol. The number of para-hydroxylation sites is 1. The Balaban J connectivity index is 2.59. The largest absolute Gasteiger partial charge is 0.493 e. The summed E-state index contributed by atoms with van der Waals surface area (Å²) in [4.78, 5) is 0. The van der Waals surface area contributed by atoms with Crippen LogP contribution in [0.1, 0.15) is 31.4 Å². The SMILES string of the molecule is CCNC(C)(C#N)CCOc1c(C)cccc1C. The summed E-state index contributed by atoms with van der Waals surface area (Å²) in [6, 6.07) is 8.40. The normalized spacial score (nSPS) is 13.7. The number of ether oxygens (including phenoxy) is 1. The fourth-order valence-corrected chi connectivity index (χ4v) is 1.96. The van der Waals surface area contributed by atoms with Gasteiger partial charge in [-0.2, -0.15) is 5.26 Å². The standard InChI is InChI=1S/C15H22N2O/c1-5-17-15(4,11-16)9-10-18-14-12(2)7-6-8-13(14)3/h6-8,17H,5,9-10H2,1-4H3. The van der Waals surface area contributed by atoms with E-state index in [1.165, 1.54) is 0 Å². The molecule has 1 aromatic rings. The summed E-state index contributed by atoms with van der Waals surface area (Å²) in [7, 11) is 0. The highest BCUT2D eigenvalue weighted by atomic mass is 16.5. The van der Waals surface area contributed by atoms with Crippen molar-refractivity contribution in [1.29, 1.82) is 5.26 Å². The summed E-state index contributed by atoms with van der Waals surface area (Å²) in [5.41, 5.74) is 1.76. The fourth-order valence-electron chi connectivity index (χ4n) is 1.96. The van der Waals surface area contributed by atoms with Crippen molar-refractivity contribution in [3.05, 3.63) is 29.3 Å². The second-order valence-corrected chi connectivity index (χ2v) is 4.79. The van der Waals surface area contributed by atoms with Gasteiger partial charge in [0.05, 0.1) is 12.7 Å². The van der Waals surface area contributed by atoms with Crippen molar-refractivity contribution < 1.29 is 4.74 Å². The predicted octanol–water partition coefficient (Wildman–Crippen LogP) is 2.96. The number of rotatable bonds is 6. The maximum absolute atomic E-state index is 9.15. The Hall–Kier alpha value is -1.53. The van der Waals surface area contributed by atoms with Crippen LogP contribution in [0.5, 0.6) is 5.75 Å². The third-order valence-electron chi connectivity index (χ3n) is 3.07. The van der Waals surface area contributed by atoms with Crippen LogP contribution >= 0.6 is 0 Å². The molecule has 1 unspecified atom stereocenters. The van der Waals surface area contributed by atoms with Crippen molar-refractivity contribution in [2.75, 3.05) is 13.2 Å². The molecule has 98 valence electrons. The van der Waals surface area contributed by atoms with E-state index >= 15 is 0 Å². The number of aryl methyl sites for hydroxylation is 2. The van der Waals surface area contributed by atoms with Gasteiger partial charge < -0.3 is 4.74 Å². The van der Waals surface area contributed by atoms with Gasteiger partial charge in [-0.3, -0.25) is 5.32 Å². The van der Waals surface area contributed by atoms with Gasteiger partial charge >= 0.3 is 0 Å². The van der Waals surface area contributed by atoms with Gasteiger partial charge in [-0.15, -0.1) is 0 Å². The molecule has 0 fully saturated rings. The van der Waals surface area contributed by atoms with Crippen molar-refractivity contribution in [1.82, 2.24) is 5.32 Å². The number of hydrogen-bond donors (Lipinski definition) is 1. The van der Waals surface area contributed by atoms with E-state index in [1.54, 1.807) is 0 Å². The molecular formula is C15H22N2O. The molecule has 0 saturated heterocycles. The summed E-state index contributed by atoms with van der Waals surface area (Å²) >= 11 is 0. The molecule has 0 spiro atoms. The second-order valence-electron chi connectivity index (χ2n) is 4.79. The molecule has 0 aromatic heterocycles. The second kappa shape index (κ2) is 6.42. The van der Waals surface area contributed by atoms with E-state index in [0.717, 1.165) is 23.4 Å². The molecule has 3 nitrogen and oxygen atoms in total. The van der Waals surface area contributed by atoms with Gasteiger partial charge in [0.2, 0.25) is 0 Å². The molecule has 1 N–H and O–H groups in total. The average Bonchev–Trinajstić information content (AvgIpc) is 2.33. The van der Waals surface area contributed by atoms with Gasteiger partial charge in [0.1, 0.15) is 11.3 Å². The van der Waals surface area contributed by atoms with Gasteiger partial charge in [0.25, 0.3) is 0 Å². The summed E-state index contributed by atoms with van der Waals surface area (Å²) in [5, 5.41) is 12.3. The Morgan fingerprint density at radius 3 is 2.44 bits per heavy atom. The third-order valence-corrected chi connectivity index (χ3v) is 3.07. The van der Waals surface area contributed by atoms with Gasteiger partial charge in [-0.05, 0) is 38.4 Å². The maximum Gasteiger partial charge on any atom is 0.125 e. The van der Waals surface area contributed by atoms with Crippen LogP contribution in [0, 0.1) is 25.2 Å². The molecule has 1 aromatic carbocycles. The number of hydrogen-bond acceptors (Lipinski definition) is 3. The maximum atomic E-state index is 9.15. The first-order valence-electron chi connectivity index (χ1n) is 6.37. The van der Waals surface area contributed by atoms with Crippen LogP contribution in [0.2, 0.25) is 0 Å². The lowest BCUT2D eigenvalue weighted by Gasteiger charge is -2.23. The lowest BCUT2D eigenvalue weighted by molar-refractivity contribution is 0.266. The van der Waals surface area contributed by atoms with Crippen molar-refractivity contribution in [3.8, 4) is 11.8 Å². The van der Waals surface area contributed by atoms with Crippen molar-refractivity contribution in [2.24, 2.45) is 0 Å². The van der Waals surface area contributed by atoms with E-state index in [2.05, 4.69) is 11.4 Å². The van der Waals surface area contributed by atoms with Crippen LogP contribution in [0.15, 0.2) is 18.2 Å². The first kappa shape index (κ1) is 14.5. The van der Waals surface area contributed by atoms with Gasteiger partial charge in [0.15, 0.2) is 0 Å². The molecule has 0 bridgehead atoms. The van der Waals surface area contributed by atoms with Crippen LogP contribution < -0.4 is 10.1 Å². The van der Waals surface area contributed by atoms with Crippen molar-refractivity contribution in [2.45, 2.75) is 39.7 Å². The lowest BCUT2D eigenvalue weighted by atomic mass is 10.0. The van der Waals surface area contributed by atoms with Crippen LogP contribution in [-0.4, -0.2) is 18.7 Å². The summed E-state index contributed by atoms with van der Waals surface area (Å²) in [6.45, 7) is 9.31. The highest BCUT2D eigenvalue weighted by Gasteiger charge is 2.22. The molecular weight excluding hydrogens is 224 g/mol. The molecule has 0 aliphatic carbocycles. The van der Waals surface area contributed by atoms with E-state index in [0.29, 0.717) is 13.0 Å². The minimum absolute atomic E-state index is 0.509. The van der Waals surface area contributed by atoms with E-state index < -0.39 is 5.54 Å². The molecule has 0 heterocycles. The molecule has 0 aliphatic heterocycles. The van der Waals surface area contributed by atoms with E-state index in [9.17, 15) is 0 Å². The molecule has 0 aliphatic rings. The zero-order valence-electron chi connectivity index (χ0n) is 11.7. The summed E-state index contributed by atoms with van der Waals surface area (Å²) in [5.74, 6) is 0.939. The highest BCUT2D eigenvalue weighted by Crippen LogP contribution is 2.23. The zero-order valence-corrected chi connectivity index (χ0v) is 11.7. The van der Waals surface area contributed by atoms with Gasteiger partial charge in [-0.25, -0.2) is 0 Å². The first-order chi connectivity index (χ1) is 8.52. The van der Waals surface area contributed by atoms with E-state index in [-0.39, 0.29) is 0 Å². The Morgan fingerprint density at radius 1 is 1.33 bits per heavy atom. The minimum atomic E-state index is -0.509. The zero-order chi connectivity index (χ0) is 13.6. The number of nitrogens with zero attached hydrogens (tertiary/aromatic N) is 1. The molecule has 1 rings (SSSR count). The van der Waals surface area contributed by atoms with Crippen LogP contribution in [0.3, 0.4) is 0 Å². The molecule has 18 heavy (non-hydrogen) atoms. The Morgan fingerprint density at radius 2 is 1.94 bits per heavy atom.